The highest BCUT2D eigenvalue weighted by Gasteiger charge is 2.16. The van der Waals surface area contributed by atoms with Crippen LogP contribution in [0.2, 0.25) is 0 Å². The fourth-order valence-electron chi connectivity index (χ4n) is 3.28. The fraction of sp³-hybridized carbons (Fsp3) is 0.130. The van der Waals surface area contributed by atoms with Crippen LogP contribution in [0.25, 0.3) is 11.0 Å². The number of fused-ring (bicyclic) bond motifs is 1. The highest BCUT2D eigenvalue weighted by molar-refractivity contribution is 5.91. The van der Waals surface area contributed by atoms with Crippen LogP contribution in [0.5, 0.6) is 0 Å². The average Bonchev–Trinajstić information content (AvgIpc) is 2.76. The SMILES string of the molecule is Cc1ccc(Cn2c(=O)c3ncccc3n(CC(=O)Nc3ccccc3)c2=O)cc1. The second-order valence-electron chi connectivity index (χ2n) is 7.03. The normalized spacial score (nSPS) is 10.8. The standard InChI is InChI=1S/C23H20N4O3/c1-16-9-11-17(12-10-16)14-27-22(29)21-19(8-5-13-24-21)26(23(27)30)15-20(28)25-18-6-3-2-4-7-18/h2-13H,14-15H2,1H3,(H,25,28). The molecule has 7 nitrogen and oxygen atoms in total. The van der Waals surface area contributed by atoms with Gasteiger partial charge >= 0.3 is 5.69 Å². The summed E-state index contributed by atoms with van der Waals surface area (Å²) in [5.41, 5.74) is 1.98. The first-order valence-corrected chi connectivity index (χ1v) is 9.52. The smallest absolute Gasteiger partial charge is 0.325 e. The van der Waals surface area contributed by atoms with Gasteiger partial charge in [-0.2, -0.15) is 0 Å². The van der Waals surface area contributed by atoms with E-state index in [9.17, 15) is 14.4 Å². The second-order valence-corrected chi connectivity index (χ2v) is 7.03. The summed E-state index contributed by atoms with van der Waals surface area (Å²) in [5.74, 6) is -0.367. The van der Waals surface area contributed by atoms with Crippen molar-refractivity contribution >= 4 is 22.6 Å². The molecule has 0 saturated carbocycles. The molecular formula is C23H20N4O3. The van der Waals surface area contributed by atoms with E-state index < -0.39 is 11.2 Å². The third kappa shape index (κ3) is 3.91. The first kappa shape index (κ1) is 19.3. The third-order valence-electron chi connectivity index (χ3n) is 4.81. The molecule has 0 fully saturated rings. The number of nitrogens with zero attached hydrogens (tertiary/aromatic N) is 3. The number of pyridine rings is 1. The summed E-state index contributed by atoms with van der Waals surface area (Å²) in [4.78, 5) is 42.9. The van der Waals surface area contributed by atoms with Crippen LogP contribution in [0.1, 0.15) is 11.1 Å². The number of hydrogen-bond acceptors (Lipinski definition) is 4. The van der Waals surface area contributed by atoms with Gasteiger partial charge in [-0.3, -0.25) is 18.7 Å². The van der Waals surface area contributed by atoms with Crippen molar-refractivity contribution in [2.75, 3.05) is 5.32 Å². The summed E-state index contributed by atoms with van der Waals surface area (Å²) < 4.78 is 2.41. The van der Waals surface area contributed by atoms with E-state index >= 15 is 0 Å². The zero-order chi connectivity index (χ0) is 21.1. The summed E-state index contributed by atoms with van der Waals surface area (Å²) in [6.45, 7) is 1.84. The fourth-order valence-corrected chi connectivity index (χ4v) is 3.28. The number of nitrogens with one attached hydrogen (secondary N) is 1. The minimum absolute atomic E-state index is 0.102. The monoisotopic (exact) mass is 400 g/mol. The Morgan fingerprint density at radius 1 is 0.933 bits per heavy atom. The van der Waals surface area contributed by atoms with Gasteiger partial charge in [-0.05, 0) is 36.8 Å². The zero-order valence-electron chi connectivity index (χ0n) is 16.4. The lowest BCUT2D eigenvalue weighted by atomic mass is 10.1. The molecule has 0 unspecified atom stereocenters. The maximum absolute atomic E-state index is 13.2. The number of aromatic nitrogens is 3. The first-order chi connectivity index (χ1) is 14.5. The molecule has 0 atom stereocenters. The van der Waals surface area contributed by atoms with Crippen LogP contribution in [0, 0.1) is 6.92 Å². The molecule has 30 heavy (non-hydrogen) atoms. The molecular weight excluding hydrogens is 380 g/mol. The Kier molecular flexibility index (Phi) is 5.26. The van der Waals surface area contributed by atoms with Crippen LogP contribution >= 0.6 is 0 Å². The van der Waals surface area contributed by atoms with Crippen LogP contribution < -0.4 is 16.6 Å². The minimum Gasteiger partial charge on any atom is -0.325 e. The predicted molar refractivity (Wildman–Crippen MR) is 116 cm³/mol. The van der Waals surface area contributed by atoms with Crippen molar-refractivity contribution in [3.8, 4) is 0 Å². The molecule has 7 heteroatoms. The van der Waals surface area contributed by atoms with Crippen molar-refractivity contribution in [1.29, 1.82) is 0 Å². The van der Waals surface area contributed by atoms with Gasteiger partial charge in [-0.1, -0.05) is 48.0 Å². The van der Waals surface area contributed by atoms with E-state index in [1.54, 1.807) is 24.3 Å². The number of hydrogen-bond donors (Lipinski definition) is 1. The topological polar surface area (TPSA) is 86.0 Å². The van der Waals surface area contributed by atoms with E-state index in [0.29, 0.717) is 11.2 Å². The van der Waals surface area contributed by atoms with Gasteiger partial charge in [0.05, 0.1) is 12.1 Å². The Balaban J connectivity index is 1.76. The van der Waals surface area contributed by atoms with Crippen molar-refractivity contribution in [3.05, 3.63) is 105 Å². The number of carbonyl (C=O) groups is 1. The van der Waals surface area contributed by atoms with Gasteiger partial charge in [0, 0.05) is 11.9 Å². The summed E-state index contributed by atoms with van der Waals surface area (Å²) in [5, 5.41) is 2.77. The number of benzene rings is 2. The molecule has 0 saturated heterocycles. The Bertz CT molecular complexity index is 1320. The van der Waals surface area contributed by atoms with E-state index in [4.69, 9.17) is 0 Å². The van der Waals surface area contributed by atoms with Crippen LogP contribution in [0.4, 0.5) is 5.69 Å². The van der Waals surface area contributed by atoms with Crippen molar-refractivity contribution < 1.29 is 4.79 Å². The quantitative estimate of drug-likeness (QED) is 0.558. The van der Waals surface area contributed by atoms with E-state index in [0.717, 1.165) is 15.7 Å². The van der Waals surface area contributed by atoms with E-state index in [1.807, 2.05) is 49.4 Å². The van der Waals surface area contributed by atoms with Gasteiger partial charge < -0.3 is 5.32 Å². The van der Waals surface area contributed by atoms with E-state index in [1.165, 1.54) is 10.8 Å². The average molecular weight is 400 g/mol. The summed E-state index contributed by atoms with van der Waals surface area (Å²) in [7, 11) is 0. The molecule has 4 rings (SSSR count). The molecule has 0 aliphatic rings. The molecule has 0 aliphatic heterocycles. The maximum Gasteiger partial charge on any atom is 0.332 e. The third-order valence-corrected chi connectivity index (χ3v) is 4.81. The molecule has 2 aromatic heterocycles. The summed E-state index contributed by atoms with van der Waals surface area (Å²) >= 11 is 0. The molecule has 2 heterocycles. The highest BCUT2D eigenvalue weighted by atomic mass is 16.2. The van der Waals surface area contributed by atoms with Crippen molar-refractivity contribution in [1.82, 2.24) is 14.1 Å². The number of aryl methyl sites for hydroxylation is 1. The predicted octanol–water partition coefficient (Wildman–Crippen LogP) is 2.55. The molecule has 2 aromatic carbocycles. The lowest BCUT2D eigenvalue weighted by molar-refractivity contribution is -0.116. The largest absolute Gasteiger partial charge is 0.332 e. The molecule has 0 aliphatic carbocycles. The highest BCUT2D eigenvalue weighted by Crippen LogP contribution is 2.09. The van der Waals surface area contributed by atoms with Gasteiger partial charge in [0.15, 0.2) is 5.52 Å². The minimum atomic E-state index is -0.552. The van der Waals surface area contributed by atoms with Gasteiger partial charge in [0.2, 0.25) is 5.91 Å². The zero-order valence-corrected chi connectivity index (χ0v) is 16.4. The van der Waals surface area contributed by atoms with Crippen molar-refractivity contribution in [2.45, 2.75) is 20.0 Å². The Morgan fingerprint density at radius 3 is 2.40 bits per heavy atom. The molecule has 1 N–H and O–H groups in total. The molecule has 1 amide bonds. The van der Waals surface area contributed by atoms with Gasteiger partial charge in [-0.15, -0.1) is 0 Å². The Morgan fingerprint density at radius 2 is 1.67 bits per heavy atom. The maximum atomic E-state index is 13.2. The molecule has 0 spiro atoms. The second kappa shape index (κ2) is 8.16. The number of amides is 1. The summed E-state index contributed by atoms with van der Waals surface area (Å²) in [6, 6.07) is 19.8. The number of para-hydroxylation sites is 1. The number of anilines is 1. The van der Waals surface area contributed by atoms with Crippen LogP contribution in [0.3, 0.4) is 0 Å². The summed E-state index contributed by atoms with van der Waals surface area (Å²) in [6.07, 6.45) is 1.50. The van der Waals surface area contributed by atoms with Crippen LogP contribution in [0.15, 0.2) is 82.5 Å². The molecule has 150 valence electrons. The van der Waals surface area contributed by atoms with Gasteiger partial charge in [0.25, 0.3) is 5.56 Å². The molecule has 0 bridgehead atoms. The first-order valence-electron chi connectivity index (χ1n) is 9.52. The number of carbonyl (C=O) groups excluding carboxylic acids is 1. The van der Waals surface area contributed by atoms with Crippen molar-refractivity contribution in [3.63, 3.8) is 0 Å². The lowest BCUT2D eigenvalue weighted by Gasteiger charge is -2.14. The number of rotatable bonds is 5. The van der Waals surface area contributed by atoms with E-state index in [-0.39, 0.29) is 24.5 Å². The molecule has 0 radical (unpaired) electrons. The Hall–Kier alpha value is -4.00. The van der Waals surface area contributed by atoms with E-state index in [2.05, 4.69) is 10.3 Å². The van der Waals surface area contributed by atoms with Crippen molar-refractivity contribution in [2.24, 2.45) is 0 Å². The van der Waals surface area contributed by atoms with Crippen LogP contribution in [-0.2, 0) is 17.9 Å². The van der Waals surface area contributed by atoms with Gasteiger partial charge in [0.1, 0.15) is 6.54 Å². The molecule has 4 aromatic rings. The lowest BCUT2D eigenvalue weighted by Crippen LogP contribution is -2.42. The van der Waals surface area contributed by atoms with Gasteiger partial charge in [-0.25, -0.2) is 9.78 Å². The Labute approximate surface area is 172 Å². The van der Waals surface area contributed by atoms with Crippen LogP contribution in [-0.4, -0.2) is 20.0 Å².